The van der Waals surface area contributed by atoms with Gasteiger partial charge in [0.15, 0.2) is 0 Å². The topological polar surface area (TPSA) is 86.4 Å². The largest absolute Gasteiger partial charge is 0.345 e. The molecule has 0 aliphatic carbocycles. The number of hydrogen-bond acceptors (Lipinski definition) is 4. The number of pyridine rings is 1. The number of aromatic amines is 1. The van der Waals surface area contributed by atoms with E-state index in [1.54, 1.807) is 34.3 Å². The number of H-pyrrole nitrogens is 1. The van der Waals surface area contributed by atoms with Crippen LogP contribution in [0.1, 0.15) is 27.6 Å². The lowest BCUT2D eigenvalue weighted by Crippen LogP contribution is -2.56. The van der Waals surface area contributed by atoms with Crippen LogP contribution in [0.4, 0.5) is 0 Å². The minimum Gasteiger partial charge on any atom is -0.345 e. The van der Waals surface area contributed by atoms with E-state index < -0.39 is 11.7 Å². The average molecular weight is 453 g/mol. The molecule has 7 heteroatoms. The first-order valence-corrected chi connectivity index (χ1v) is 11.3. The third kappa shape index (κ3) is 3.85. The van der Waals surface area contributed by atoms with Gasteiger partial charge in [0.2, 0.25) is 0 Å². The van der Waals surface area contributed by atoms with Gasteiger partial charge in [-0.1, -0.05) is 48.5 Å². The lowest BCUT2D eigenvalue weighted by atomic mass is 9.99. The minimum atomic E-state index is -0.578. The van der Waals surface area contributed by atoms with Crippen LogP contribution < -0.4 is 0 Å². The highest BCUT2D eigenvalue weighted by Crippen LogP contribution is 2.30. The molecule has 4 aromatic rings. The normalized spacial score (nSPS) is 16.0. The van der Waals surface area contributed by atoms with Crippen molar-refractivity contribution in [2.75, 3.05) is 19.6 Å². The van der Waals surface area contributed by atoms with E-state index in [1.807, 2.05) is 61.5 Å². The number of carbonyl (C=O) groups excluding carboxylic acids is 3. The fraction of sp³-hybridized carbons (Fsp3) is 0.185. The van der Waals surface area contributed by atoms with Gasteiger partial charge in [0.25, 0.3) is 17.6 Å². The molecule has 2 aromatic carbocycles. The molecule has 2 amide bonds. The van der Waals surface area contributed by atoms with E-state index in [-0.39, 0.29) is 11.9 Å². The van der Waals surface area contributed by atoms with Gasteiger partial charge >= 0.3 is 0 Å². The van der Waals surface area contributed by atoms with Crippen molar-refractivity contribution < 1.29 is 14.4 Å². The summed E-state index contributed by atoms with van der Waals surface area (Å²) in [5.41, 5.74) is 3.27. The second-order valence-corrected chi connectivity index (χ2v) is 8.44. The Hall–Kier alpha value is -4.26. The molecule has 7 nitrogen and oxygen atoms in total. The zero-order chi connectivity index (χ0) is 23.7. The maximum absolute atomic E-state index is 13.4. The SMILES string of the molecule is CC1CN(C(=O)c2ccccc2)CCN1C(=O)C(=O)c1c[nH]c2nccc(-c3ccccc3)c12. The molecule has 1 aliphatic heterocycles. The molecule has 1 aliphatic rings. The summed E-state index contributed by atoms with van der Waals surface area (Å²) >= 11 is 0. The van der Waals surface area contributed by atoms with Crippen molar-refractivity contribution in [3.05, 3.63) is 90.3 Å². The Morgan fingerprint density at radius 3 is 2.35 bits per heavy atom. The van der Waals surface area contributed by atoms with Crippen LogP contribution in [-0.2, 0) is 4.79 Å². The lowest BCUT2D eigenvalue weighted by molar-refractivity contribution is -0.130. The van der Waals surface area contributed by atoms with E-state index in [4.69, 9.17) is 0 Å². The predicted octanol–water partition coefficient (Wildman–Crippen LogP) is 3.79. The Labute approximate surface area is 197 Å². The zero-order valence-electron chi connectivity index (χ0n) is 18.8. The maximum atomic E-state index is 13.4. The van der Waals surface area contributed by atoms with E-state index in [1.165, 1.54) is 0 Å². The highest BCUT2D eigenvalue weighted by molar-refractivity contribution is 6.45. The Morgan fingerprint density at radius 2 is 1.65 bits per heavy atom. The van der Waals surface area contributed by atoms with Crippen molar-refractivity contribution >= 4 is 28.6 Å². The molecule has 1 saturated heterocycles. The van der Waals surface area contributed by atoms with Gasteiger partial charge in [0.05, 0.1) is 5.56 Å². The molecule has 0 spiro atoms. The number of piperazine rings is 1. The molecule has 0 bridgehead atoms. The van der Waals surface area contributed by atoms with Crippen molar-refractivity contribution in [3.8, 4) is 11.1 Å². The standard InChI is InChI=1S/C27H24N4O3/c1-18-17-30(26(33)20-10-6-3-7-11-20)14-15-31(18)27(34)24(32)22-16-29-25-23(22)21(12-13-28-25)19-8-4-2-5-9-19/h2-13,16,18H,14-15,17H2,1H3,(H,28,29). The number of fused-ring (bicyclic) bond motifs is 1. The molecule has 0 saturated carbocycles. The smallest absolute Gasteiger partial charge is 0.295 e. The molecule has 1 N–H and O–H groups in total. The van der Waals surface area contributed by atoms with Crippen molar-refractivity contribution in [3.63, 3.8) is 0 Å². The number of hydrogen-bond donors (Lipinski definition) is 1. The minimum absolute atomic E-state index is 0.0684. The number of Topliss-reactive ketones (excluding diaryl/α,β-unsaturated/α-hetero) is 1. The Balaban J connectivity index is 1.38. The van der Waals surface area contributed by atoms with E-state index in [9.17, 15) is 14.4 Å². The van der Waals surface area contributed by atoms with Gasteiger partial charge in [0.1, 0.15) is 5.65 Å². The van der Waals surface area contributed by atoms with Gasteiger partial charge in [-0.25, -0.2) is 4.98 Å². The van der Waals surface area contributed by atoms with Crippen LogP contribution in [-0.4, -0.2) is 63.0 Å². The summed E-state index contributed by atoms with van der Waals surface area (Å²) in [5, 5.41) is 0.637. The van der Waals surface area contributed by atoms with E-state index in [0.29, 0.717) is 41.8 Å². The van der Waals surface area contributed by atoms with E-state index >= 15 is 0 Å². The number of rotatable bonds is 4. The summed E-state index contributed by atoms with van der Waals surface area (Å²) in [4.78, 5) is 50.1. The zero-order valence-corrected chi connectivity index (χ0v) is 18.8. The molecule has 1 fully saturated rings. The summed E-state index contributed by atoms with van der Waals surface area (Å²) in [6, 6.07) is 20.4. The first kappa shape index (κ1) is 21.6. The number of ketones is 1. The van der Waals surface area contributed by atoms with Crippen molar-refractivity contribution in [2.45, 2.75) is 13.0 Å². The number of benzene rings is 2. The van der Waals surface area contributed by atoms with Crippen LogP contribution in [0.5, 0.6) is 0 Å². The summed E-state index contributed by atoms with van der Waals surface area (Å²) in [6.07, 6.45) is 3.24. The van der Waals surface area contributed by atoms with Gasteiger partial charge < -0.3 is 14.8 Å². The van der Waals surface area contributed by atoms with Crippen molar-refractivity contribution in [1.82, 2.24) is 19.8 Å². The summed E-state index contributed by atoms with van der Waals surface area (Å²) in [5.74, 6) is -1.21. The Kier molecular flexibility index (Phi) is 5.67. The third-order valence-electron chi connectivity index (χ3n) is 6.29. The second-order valence-electron chi connectivity index (χ2n) is 8.44. The second kappa shape index (κ2) is 8.94. The molecule has 1 unspecified atom stereocenters. The number of amides is 2. The molecule has 1 atom stereocenters. The van der Waals surface area contributed by atoms with Gasteiger partial charge in [0, 0.05) is 49.0 Å². The van der Waals surface area contributed by atoms with Crippen LogP contribution in [0.25, 0.3) is 22.2 Å². The third-order valence-corrected chi connectivity index (χ3v) is 6.29. The lowest BCUT2D eigenvalue weighted by Gasteiger charge is -2.39. The summed E-state index contributed by atoms with van der Waals surface area (Å²) in [7, 11) is 0. The fourth-order valence-corrected chi connectivity index (χ4v) is 4.55. The first-order valence-electron chi connectivity index (χ1n) is 11.3. The fourth-order valence-electron chi connectivity index (χ4n) is 4.55. The molecule has 34 heavy (non-hydrogen) atoms. The molecule has 170 valence electrons. The van der Waals surface area contributed by atoms with Crippen LogP contribution in [0, 0.1) is 0 Å². The Morgan fingerprint density at radius 1 is 0.941 bits per heavy atom. The van der Waals surface area contributed by atoms with Crippen LogP contribution in [0.15, 0.2) is 79.1 Å². The number of nitrogens with one attached hydrogen (secondary N) is 1. The molecular formula is C27H24N4O3. The molecular weight excluding hydrogens is 428 g/mol. The maximum Gasteiger partial charge on any atom is 0.295 e. The average Bonchev–Trinajstić information content (AvgIpc) is 3.33. The quantitative estimate of drug-likeness (QED) is 0.377. The van der Waals surface area contributed by atoms with Crippen LogP contribution in [0.2, 0.25) is 0 Å². The molecule has 5 rings (SSSR count). The molecule has 3 heterocycles. The van der Waals surface area contributed by atoms with Crippen LogP contribution >= 0.6 is 0 Å². The van der Waals surface area contributed by atoms with Crippen molar-refractivity contribution in [2.24, 2.45) is 0 Å². The van der Waals surface area contributed by atoms with Gasteiger partial charge in [-0.15, -0.1) is 0 Å². The molecule has 2 aromatic heterocycles. The summed E-state index contributed by atoms with van der Waals surface area (Å²) in [6.45, 7) is 2.91. The van der Waals surface area contributed by atoms with Crippen molar-refractivity contribution in [1.29, 1.82) is 0 Å². The van der Waals surface area contributed by atoms with Gasteiger partial charge in [-0.2, -0.15) is 0 Å². The number of carbonyl (C=O) groups is 3. The summed E-state index contributed by atoms with van der Waals surface area (Å²) < 4.78 is 0. The van der Waals surface area contributed by atoms with E-state index in [0.717, 1.165) is 11.1 Å². The molecule has 0 radical (unpaired) electrons. The monoisotopic (exact) mass is 452 g/mol. The van der Waals surface area contributed by atoms with Gasteiger partial charge in [-0.05, 0) is 36.2 Å². The van der Waals surface area contributed by atoms with Crippen LogP contribution in [0.3, 0.4) is 0 Å². The number of aromatic nitrogens is 2. The van der Waals surface area contributed by atoms with E-state index in [2.05, 4.69) is 9.97 Å². The number of nitrogens with zero attached hydrogens (tertiary/aromatic N) is 3. The van der Waals surface area contributed by atoms with Gasteiger partial charge in [-0.3, -0.25) is 14.4 Å². The highest BCUT2D eigenvalue weighted by atomic mass is 16.2. The predicted molar refractivity (Wildman–Crippen MR) is 129 cm³/mol. The first-order chi connectivity index (χ1) is 16.5. The Bertz CT molecular complexity index is 1360. The highest BCUT2D eigenvalue weighted by Gasteiger charge is 2.34.